The van der Waals surface area contributed by atoms with Gasteiger partial charge in [0.1, 0.15) is 12.2 Å². The Morgan fingerprint density at radius 2 is 1.86 bits per heavy atom. The predicted molar refractivity (Wildman–Crippen MR) is 105 cm³/mol. The molecular weight excluding hydrogens is 360 g/mol. The van der Waals surface area contributed by atoms with E-state index < -0.39 is 16.7 Å². The highest BCUT2D eigenvalue weighted by molar-refractivity contribution is 6.19. The van der Waals surface area contributed by atoms with E-state index in [9.17, 15) is 19.7 Å². The monoisotopic (exact) mass is 382 g/mol. The summed E-state index contributed by atoms with van der Waals surface area (Å²) in [4.78, 5) is 36.4. The molecule has 2 rings (SSSR count). The van der Waals surface area contributed by atoms with Crippen LogP contribution in [0.5, 0.6) is 0 Å². The molecule has 0 N–H and O–H groups in total. The summed E-state index contributed by atoms with van der Waals surface area (Å²) in [5.41, 5.74) is 1.27. The van der Waals surface area contributed by atoms with Crippen LogP contribution in [-0.2, 0) is 20.9 Å². The Labute approximate surface area is 163 Å². The van der Waals surface area contributed by atoms with E-state index in [1.54, 1.807) is 6.07 Å². The van der Waals surface area contributed by atoms with Crippen LogP contribution in [0.4, 0.5) is 5.69 Å². The van der Waals surface area contributed by atoms with Crippen molar-refractivity contribution in [1.29, 1.82) is 0 Å². The van der Waals surface area contributed by atoms with Crippen molar-refractivity contribution in [2.24, 2.45) is 0 Å². The Morgan fingerprint density at radius 3 is 2.50 bits per heavy atom. The Hall–Kier alpha value is -3.32. The fourth-order valence-electron chi connectivity index (χ4n) is 2.55. The molecule has 146 valence electrons. The largest absolute Gasteiger partial charge is 0.461 e. The van der Waals surface area contributed by atoms with Crippen molar-refractivity contribution in [2.75, 3.05) is 20.2 Å². The number of carbonyl (C=O) groups excluding carboxylic acids is 2. The number of likely N-dealkylation sites (N-methyl/N-ethyl adjacent to an activating group) is 1. The number of rotatable bonds is 9. The highest BCUT2D eigenvalue weighted by atomic mass is 16.6. The number of esters is 1. The van der Waals surface area contributed by atoms with Crippen molar-refractivity contribution in [1.82, 2.24) is 4.90 Å². The van der Waals surface area contributed by atoms with Gasteiger partial charge in [-0.25, -0.2) is 4.79 Å². The highest BCUT2D eigenvalue weighted by Crippen LogP contribution is 2.16. The number of hydrogen-bond donors (Lipinski definition) is 0. The molecule has 0 saturated carbocycles. The second-order valence-electron chi connectivity index (χ2n) is 6.33. The van der Waals surface area contributed by atoms with Gasteiger partial charge in [-0.1, -0.05) is 42.5 Å². The molecule has 0 saturated heterocycles. The first-order chi connectivity index (χ1) is 13.4. The van der Waals surface area contributed by atoms with Gasteiger partial charge in [0.2, 0.25) is 0 Å². The standard InChI is InChI=1S/C21H22N2O5/c1-16(24)20(14-18-9-6-10-19(13-18)23(26)27)21(25)28-12-11-22(2)15-17-7-4-3-5-8-17/h3-10,13-14H,11-12,15H2,1-2H3. The van der Waals surface area contributed by atoms with Crippen LogP contribution in [0.25, 0.3) is 6.08 Å². The van der Waals surface area contributed by atoms with Crippen molar-refractivity contribution in [2.45, 2.75) is 13.5 Å². The lowest BCUT2D eigenvalue weighted by atomic mass is 10.1. The molecule has 0 spiro atoms. The zero-order chi connectivity index (χ0) is 20.5. The van der Waals surface area contributed by atoms with Crippen LogP contribution in [-0.4, -0.2) is 41.8 Å². The number of nitro benzene ring substituents is 1. The molecule has 0 aromatic heterocycles. The molecule has 0 aliphatic heterocycles. The van der Waals surface area contributed by atoms with Crippen LogP contribution in [0.15, 0.2) is 60.2 Å². The molecule has 2 aromatic carbocycles. The minimum absolute atomic E-state index is 0.118. The Morgan fingerprint density at radius 1 is 1.14 bits per heavy atom. The SMILES string of the molecule is CC(=O)C(=Cc1cccc([N+](=O)[O-])c1)C(=O)OCCN(C)Cc1ccccc1. The molecule has 2 aromatic rings. The summed E-state index contributed by atoms with van der Waals surface area (Å²) in [5.74, 6) is -1.21. The smallest absolute Gasteiger partial charge is 0.341 e. The van der Waals surface area contributed by atoms with Gasteiger partial charge < -0.3 is 4.74 Å². The third-order valence-corrected chi connectivity index (χ3v) is 3.99. The summed E-state index contributed by atoms with van der Waals surface area (Å²) < 4.78 is 5.22. The lowest BCUT2D eigenvalue weighted by Gasteiger charge is -2.16. The average Bonchev–Trinajstić information content (AvgIpc) is 2.66. The number of carbonyl (C=O) groups is 2. The molecule has 7 nitrogen and oxygen atoms in total. The van der Waals surface area contributed by atoms with Gasteiger partial charge in [0.25, 0.3) is 5.69 Å². The van der Waals surface area contributed by atoms with Gasteiger partial charge in [-0.3, -0.25) is 19.8 Å². The van der Waals surface area contributed by atoms with Crippen LogP contribution >= 0.6 is 0 Å². The van der Waals surface area contributed by atoms with Crippen molar-refractivity contribution in [3.05, 3.63) is 81.4 Å². The van der Waals surface area contributed by atoms with E-state index in [-0.39, 0.29) is 17.9 Å². The van der Waals surface area contributed by atoms with E-state index in [0.717, 1.165) is 5.56 Å². The topological polar surface area (TPSA) is 89.8 Å². The second-order valence-corrected chi connectivity index (χ2v) is 6.33. The molecule has 0 bridgehead atoms. The molecule has 0 heterocycles. The summed E-state index contributed by atoms with van der Waals surface area (Å²) in [6, 6.07) is 15.6. The van der Waals surface area contributed by atoms with Crippen molar-refractivity contribution in [3.63, 3.8) is 0 Å². The molecule has 0 aliphatic carbocycles. The van der Waals surface area contributed by atoms with Gasteiger partial charge in [-0.15, -0.1) is 0 Å². The van der Waals surface area contributed by atoms with E-state index in [4.69, 9.17) is 4.74 Å². The first-order valence-corrected chi connectivity index (χ1v) is 8.73. The lowest BCUT2D eigenvalue weighted by Crippen LogP contribution is -2.25. The van der Waals surface area contributed by atoms with E-state index >= 15 is 0 Å². The first kappa shape index (κ1) is 21.0. The number of nitro groups is 1. The maximum atomic E-state index is 12.3. The normalized spacial score (nSPS) is 11.3. The minimum Gasteiger partial charge on any atom is -0.461 e. The zero-order valence-corrected chi connectivity index (χ0v) is 15.8. The Kier molecular flexibility index (Phi) is 7.59. The second kappa shape index (κ2) is 10.1. The predicted octanol–water partition coefficient (Wildman–Crippen LogP) is 3.24. The Balaban J connectivity index is 1.96. The van der Waals surface area contributed by atoms with Crippen LogP contribution in [0.1, 0.15) is 18.1 Å². The number of ether oxygens (including phenoxy) is 1. The van der Waals surface area contributed by atoms with Gasteiger partial charge in [0.15, 0.2) is 5.78 Å². The third kappa shape index (κ3) is 6.44. The molecule has 7 heteroatoms. The fraction of sp³-hybridized carbons (Fsp3) is 0.238. The maximum absolute atomic E-state index is 12.3. The average molecular weight is 382 g/mol. The van der Waals surface area contributed by atoms with Crippen LogP contribution in [0.3, 0.4) is 0 Å². The van der Waals surface area contributed by atoms with Gasteiger partial charge >= 0.3 is 5.97 Å². The number of benzene rings is 2. The fourth-order valence-corrected chi connectivity index (χ4v) is 2.55. The number of nitrogens with zero attached hydrogens (tertiary/aromatic N) is 2. The number of hydrogen-bond acceptors (Lipinski definition) is 6. The van der Waals surface area contributed by atoms with Crippen LogP contribution < -0.4 is 0 Å². The summed E-state index contributed by atoms with van der Waals surface area (Å²) in [6.45, 7) is 2.60. The van der Waals surface area contributed by atoms with E-state index in [2.05, 4.69) is 0 Å². The zero-order valence-electron chi connectivity index (χ0n) is 15.8. The van der Waals surface area contributed by atoms with E-state index in [1.165, 1.54) is 31.2 Å². The van der Waals surface area contributed by atoms with Crippen LogP contribution in [0.2, 0.25) is 0 Å². The van der Waals surface area contributed by atoms with Gasteiger partial charge in [0.05, 0.1) is 4.92 Å². The van der Waals surface area contributed by atoms with Crippen LogP contribution in [0, 0.1) is 10.1 Å². The van der Waals surface area contributed by atoms with E-state index in [1.807, 2.05) is 42.3 Å². The molecule has 0 unspecified atom stereocenters. The summed E-state index contributed by atoms with van der Waals surface area (Å²) in [5, 5.41) is 10.9. The van der Waals surface area contributed by atoms with Gasteiger partial charge in [0, 0.05) is 25.2 Å². The van der Waals surface area contributed by atoms with Gasteiger partial charge in [-0.2, -0.15) is 0 Å². The number of Topliss-reactive ketones (excluding diaryl/α,β-unsaturated/α-hetero) is 1. The molecule has 0 radical (unpaired) electrons. The third-order valence-electron chi connectivity index (χ3n) is 3.99. The molecule has 0 aliphatic rings. The lowest BCUT2D eigenvalue weighted by molar-refractivity contribution is -0.384. The Bertz CT molecular complexity index is 877. The summed E-state index contributed by atoms with van der Waals surface area (Å²) in [7, 11) is 1.91. The molecule has 0 atom stereocenters. The molecule has 28 heavy (non-hydrogen) atoms. The number of non-ortho nitro benzene ring substituents is 1. The quantitative estimate of drug-likeness (QED) is 0.165. The van der Waals surface area contributed by atoms with Crippen molar-refractivity contribution >= 4 is 23.5 Å². The van der Waals surface area contributed by atoms with Gasteiger partial charge in [-0.05, 0) is 31.2 Å². The molecule has 0 fully saturated rings. The number of ketones is 1. The molecule has 0 amide bonds. The van der Waals surface area contributed by atoms with Crippen molar-refractivity contribution < 1.29 is 19.2 Å². The van der Waals surface area contributed by atoms with E-state index in [0.29, 0.717) is 18.7 Å². The summed E-state index contributed by atoms with van der Waals surface area (Å²) in [6.07, 6.45) is 1.31. The maximum Gasteiger partial charge on any atom is 0.341 e. The first-order valence-electron chi connectivity index (χ1n) is 8.73. The highest BCUT2D eigenvalue weighted by Gasteiger charge is 2.17. The molecular formula is C21H22N2O5. The van der Waals surface area contributed by atoms with Crippen molar-refractivity contribution in [3.8, 4) is 0 Å². The minimum atomic E-state index is -0.743. The summed E-state index contributed by atoms with van der Waals surface area (Å²) >= 11 is 0.